The van der Waals surface area contributed by atoms with Crippen LogP contribution in [0, 0.1) is 6.92 Å². The summed E-state index contributed by atoms with van der Waals surface area (Å²) in [6.45, 7) is 12.1. The number of hydrogen-bond donors (Lipinski definition) is 0. The molecule has 26 heavy (non-hydrogen) atoms. The first kappa shape index (κ1) is 18.3. The third-order valence-corrected chi connectivity index (χ3v) is 4.92. The summed E-state index contributed by atoms with van der Waals surface area (Å²) in [7, 11) is 1.70. The predicted molar refractivity (Wildman–Crippen MR) is 108 cm³/mol. The van der Waals surface area contributed by atoms with E-state index in [1.54, 1.807) is 7.11 Å². The van der Waals surface area contributed by atoms with Crippen molar-refractivity contribution in [2.75, 3.05) is 61.1 Å². The van der Waals surface area contributed by atoms with Crippen molar-refractivity contribution in [1.82, 2.24) is 9.97 Å². The summed E-state index contributed by atoms with van der Waals surface area (Å²) in [5.74, 6) is 2.77. The minimum absolute atomic E-state index is 0.836. The first-order valence-corrected chi connectivity index (χ1v) is 9.39. The third-order valence-electron chi connectivity index (χ3n) is 4.92. The Balaban J connectivity index is 1.69. The molecule has 1 aromatic heterocycles. The number of piperazine rings is 1. The summed E-state index contributed by atoms with van der Waals surface area (Å²) < 4.78 is 5.25. The number of aromatic nitrogens is 2. The lowest BCUT2D eigenvalue weighted by Gasteiger charge is -2.37. The normalized spacial score (nSPS) is 14.5. The second-order valence-corrected chi connectivity index (χ2v) is 6.51. The molecule has 0 atom stereocenters. The summed E-state index contributed by atoms with van der Waals surface area (Å²) in [5, 5.41) is 0. The van der Waals surface area contributed by atoms with Crippen LogP contribution < -0.4 is 19.4 Å². The van der Waals surface area contributed by atoms with Crippen molar-refractivity contribution in [3.63, 3.8) is 0 Å². The molecule has 0 aliphatic carbocycles. The smallest absolute Gasteiger partial charge is 0.227 e. The molecule has 1 saturated heterocycles. The maximum absolute atomic E-state index is 5.25. The highest BCUT2D eigenvalue weighted by Gasteiger charge is 2.20. The summed E-state index contributed by atoms with van der Waals surface area (Å²) >= 11 is 0. The number of aryl methyl sites for hydroxylation is 1. The zero-order valence-corrected chi connectivity index (χ0v) is 16.3. The summed E-state index contributed by atoms with van der Waals surface area (Å²) in [5.41, 5.74) is 2.27. The van der Waals surface area contributed by atoms with Gasteiger partial charge in [-0.3, -0.25) is 0 Å². The van der Waals surface area contributed by atoms with E-state index >= 15 is 0 Å². The molecule has 0 spiro atoms. The van der Waals surface area contributed by atoms with Gasteiger partial charge in [-0.25, -0.2) is 4.98 Å². The highest BCUT2D eigenvalue weighted by molar-refractivity contribution is 5.52. The van der Waals surface area contributed by atoms with Gasteiger partial charge < -0.3 is 19.4 Å². The zero-order chi connectivity index (χ0) is 18.5. The fourth-order valence-electron chi connectivity index (χ4n) is 3.33. The Morgan fingerprint density at radius 1 is 0.962 bits per heavy atom. The number of rotatable bonds is 6. The Labute approximate surface area is 156 Å². The standard InChI is InChI=1S/C20H29N5O/c1-5-23(6-2)20-21-16(3)15-19(22-20)25-13-11-24(12-14-25)17-7-9-18(26-4)10-8-17/h7-10,15H,5-6,11-14H2,1-4H3. The number of methoxy groups -OCH3 is 1. The fraction of sp³-hybridized carbons (Fsp3) is 0.500. The molecule has 1 fully saturated rings. The van der Waals surface area contributed by atoms with Gasteiger partial charge in [0.1, 0.15) is 11.6 Å². The van der Waals surface area contributed by atoms with Gasteiger partial charge in [-0.2, -0.15) is 4.98 Å². The lowest BCUT2D eigenvalue weighted by Crippen LogP contribution is -2.47. The van der Waals surface area contributed by atoms with E-state index in [2.05, 4.69) is 51.7 Å². The molecule has 0 N–H and O–H groups in total. The zero-order valence-electron chi connectivity index (χ0n) is 16.3. The van der Waals surface area contributed by atoms with Crippen LogP contribution in [0.15, 0.2) is 30.3 Å². The quantitative estimate of drug-likeness (QED) is 0.794. The van der Waals surface area contributed by atoms with E-state index < -0.39 is 0 Å². The molecular formula is C20H29N5O. The van der Waals surface area contributed by atoms with Crippen LogP contribution in [0.3, 0.4) is 0 Å². The SMILES string of the molecule is CCN(CC)c1nc(C)cc(N2CCN(c3ccc(OC)cc3)CC2)n1. The van der Waals surface area contributed by atoms with Gasteiger partial charge in [0.05, 0.1) is 7.11 Å². The number of nitrogens with zero attached hydrogens (tertiary/aromatic N) is 5. The van der Waals surface area contributed by atoms with Crippen LogP contribution in [-0.4, -0.2) is 56.3 Å². The molecule has 2 aromatic rings. The average Bonchev–Trinajstić information content (AvgIpc) is 2.69. The average molecular weight is 355 g/mol. The minimum atomic E-state index is 0.836. The van der Waals surface area contributed by atoms with Crippen molar-refractivity contribution in [3.05, 3.63) is 36.0 Å². The van der Waals surface area contributed by atoms with E-state index in [0.29, 0.717) is 0 Å². The Morgan fingerprint density at radius 2 is 1.58 bits per heavy atom. The molecule has 6 heteroatoms. The van der Waals surface area contributed by atoms with Crippen molar-refractivity contribution in [1.29, 1.82) is 0 Å². The monoisotopic (exact) mass is 355 g/mol. The minimum Gasteiger partial charge on any atom is -0.497 e. The lowest BCUT2D eigenvalue weighted by molar-refractivity contribution is 0.415. The van der Waals surface area contributed by atoms with Crippen molar-refractivity contribution in [2.24, 2.45) is 0 Å². The number of ether oxygens (including phenoxy) is 1. The Kier molecular flexibility index (Phi) is 5.81. The molecule has 0 unspecified atom stereocenters. The van der Waals surface area contributed by atoms with Crippen molar-refractivity contribution in [2.45, 2.75) is 20.8 Å². The van der Waals surface area contributed by atoms with Crippen LogP contribution >= 0.6 is 0 Å². The Bertz CT molecular complexity index is 707. The first-order valence-electron chi connectivity index (χ1n) is 9.39. The van der Waals surface area contributed by atoms with Crippen molar-refractivity contribution < 1.29 is 4.74 Å². The maximum atomic E-state index is 5.25. The molecule has 6 nitrogen and oxygen atoms in total. The molecule has 0 amide bonds. The van der Waals surface area contributed by atoms with Gasteiger partial charge in [0, 0.05) is 56.7 Å². The second kappa shape index (κ2) is 8.25. The highest BCUT2D eigenvalue weighted by Crippen LogP contribution is 2.23. The van der Waals surface area contributed by atoms with Crippen LogP contribution in [-0.2, 0) is 0 Å². The molecule has 1 aliphatic heterocycles. The number of anilines is 3. The Hall–Kier alpha value is -2.50. The van der Waals surface area contributed by atoms with Gasteiger partial charge in [0.25, 0.3) is 0 Å². The molecule has 1 aromatic carbocycles. The number of benzene rings is 1. The van der Waals surface area contributed by atoms with Crippen LogP contribution in [0.5, 0.6) is 5.75 Å². The van der Waals surface area contributed by atoms with Crippen molar-refractivity contribution >= 4 is 17.5 Å². The van der Waals surface area contributed by atoms with Gasteiger partial charge in [0.15, 0.2) is 0 Å². The van der Waals surface area contributed by atoms with Gasteiger partial charge in [-0.1, -0.05) is 0 Å². The topological polar surface area (TPSA) is 44.7 Å². The maximum Gasteiger partial charge on any atom is 0.227 e. The molecule has 140 valence electrons. The molecule has 0 radical (unpaired) electrons. The van der Waals surface area contributed by atoms with Crippen LogP contribution in [0.2, 0.25) is 0 Å². The lowest BCUT2D eigenvalue weighted by atomic mass is 10.2. The summed E-state index contributed by atoms with van der Waals surface area (Å²) in [6, 6.07) is 10.4. The molecule has 1 aliphatic rings. The highest BCUT2D eigenvalue weighted by atomic mass is 16.5. The third kappa shape index (κ3) is 4.00. The van der Waals surface area contributed by atoms with Gasteiger partial charge in [0.2, 0.25) is 5.95 Å². The van der Waals surface area contributed by atoms with E-state index in [4.69, 9.17) is 9.72 Å². The van der Waals surface area contributed by atoms with E-state index in [-0.39, 0.29) is 0 Å². The number of hydrogen-bond acceptors (Lipinski definition) is 6. The largest absolute Gasteiger partial charge is 0.497 e. The molecular weight excluding hydrogens is 326 g/mol. The van der Waals surface area contributed by atoms with Crippen molar-refractivity contribution in [3.8, 4) is 5.75 Å². The molecule has 0 bridgehead atoms. The summed E-state index contributed by atoms with van der Waals surface area (Å²) in [4.78, 5) is 16.4. The van der Waals surface area contributed by atoms with Crippen LogP contribution in [0.4, 0.5) is 17.5 Å². The first-order chi connectivity index (χ1) is 12.6. The van der Waals surface area contributed by atoms with E-state index in [9.17, 15) is 0 Å². The van der Waals surface area contributed by atoms with E-state index in [1.165, 1.54) is 5.69 Å². The van der Waals surface area contributed by atoms with Gasteiger partial charge >= 0.3 is 0 Å². The molecule has 3 rings (SSSR count). The van der Waals surface area contributed by atoms with Crippen LogP contribution in [0.25, 0.3) is 0 Å². The Morgan fingerprint density at radius 3 is 2.15 bits per heavy atom. The molecule has 0 saturated carbocycles. The van der Waals surface area contributed by atoms with E-state index in [0.717, 1.165) is 62.5 Å². The van der Waals surface area contributed by atoms with Gasteiger partial charge in [-0.05, 0) is 45.0 Å². The predicted octanol–water partition coefficient (Wildman–Crippen LogP) is 2.97. The fourth-order valence-corrected chi connectivity index (χ4v) is 3.33. The van der Waals surface area contributed by atoms with Crippen LogP contribution in [0.1, 0.15) is 19.5 Å². The summed E-state index contributed by atoms with van der Waals surface area (Å²) in [6.07, 6.45) is 0. The molecule has 2 heterocycles. The van der Waals surface area contributed by atoms with Gasteiger partial charge in [-0.15, -0.1) is 0 Å². The second-order valence-electron chi connectivity index (χ2n) is 6.51. The van der Waals surface area contributed by atoms with E-state index in [1.807, 2.05) is 19.1 Å².